The van der Waals surface area contributed by atoms with E-state index in [1.807, 2.05) is 121 Å². The van der Waals surface area contributed by atoms with Crippen LogP contribution in [0.2, 0.25) is 0 Å². The molecule has 11 aromatic rings. The van der Waals surface area contributed by atoms with Crippen molar-refractivity contribution < 1.29 is 19.8 Å². The monoisotopic (exact) mass is 1040 g/mol. The molecule has 0 unspecified atom stereocenters. The maximum Gasteiger partial charge on any atom is 0.335 e. The fourth-order valence-electron chi connectivity index (χ4n) is 10.7. The van der Waals surface area contributed by atoms with Gasteiger partial charge in [-0.3, -0.25) is 0 Å². The molecular weight excluding hydrogens is 989 g/mol. The molecule has 0 aliphatic carbocycles. The third-order valence-corrected chi connectivity index (χ3v) is 14.5. The molecule has 0 spiro atoms. The summed E-state index contributed by atoms with van der Waals surface area (Å²) in [6, 6.07) is 80.3. The van der Waals surface area contributed by atoms with E-state index < -0.39 is 11.9 Å². The van der Waals surface area contributed by atoms with Gasteiger partial charge in [-0.2, -0.15) is 0 Å². The summed E-state index contributed by atoms with van der Waals surface area (Å²) in [5.41, 5.74) is 18.9. The molecule has 80 heavy (non-hydrogen) atoms. The van der Waals surface area contributed by atoms with Gasteiger partial charge in [-0.05, 0) is 168 Å². The normalized spacial score (nSPS) is 11.6. The zero-order valence-electron chi connectivity index (χ0n) is 42.9. The van der Waals surface area contributed by atoms with Crippen LogP contribution in [0.25, 0.3) is 90.9 Å². The van der Waals surface area contributed by atoms with E-state index in [2.05, 4.69) is 141 Å². The number of aromatic nitrogens is 4. The summed E-state index contributed by atoms with van der Waals surface area (Å²) in [4.78, 5) is 47.3. The molecular formula is C70H48N6O4. The van der Waals surface area contributed by atoms with E-state index in [0.717, 1.165) is 112 Å². The first-order valence-electron chi connectivity index (χ1n) is 26.2. The molecule has 0 fully saturated rings. The molecule has 0 radical (unpaired) electrons. The molecule has 5 heterocycles. The van der Waals surface area contributed by atoms with Crippen LogP contribution in [-0.2, 0) is 0 Å². The largest absolute Gasteiger partial charge is 0.478 e. The van der Waals surface area contributed by atoms with E-state index in [1.165, 1.54) is 0 Å². The van der Waals surface area contributed by atoms with Crippen molar-refractivity contribution in [1.29, 1.82) is 0 Å². The predicted molar refractivity (Wildman–Crippen MR) is 324 cm³/mol. The van der Waals surface area contributed by atoms with Gasteiger partial charge in [0.1, 0.15) is 0 Å². The Morgan fingerprint density at radius 3 is 0.750 bits per heavy atom. The summed E-state index contributed by atoms with van der Waals surface area (Å²) in [5.74, 6) is -2.04. The van der Waals surface area contributed by atoms with Gasteiger partial charge in [0.2, 0.25) is 0 Å². The van der Waals surface area contributed by atoms with Gasteiger partial charge in [0.25, 0.3) is 0 Å². The molecule has 0 amide bonds. The van der Waals surface area contributed by atoms with E-state index >= 15 is 0 Å². The Morgan fingerprint density at radius 1 is 0.287 bits per heavy atom. The highest BCUT2D eigenvalue weighted by Gasteiger charge is 2.22. The third-order valence-electron chi connectivity index (χ3n) is 14.5. The standard InChI is InChI=1S/C70H48N6O4/c77-69(78)49-25-21-45(22-26-49)65-57-37-38-58(71-57)66(46-23-27-50(28-24-46)70(79)80)60-40-42-62(73-60)68(48-31-35-56(36-32-48)76(53-17-9-3-10-18-53)54-19-11-4-12-20-54)64-44-43-63(74-64)67(61-41-39-59(65)72-61)47-29-33-55(34-30-47)75(51-13-5-1-6-14-51)52-15-7-2-8-16-52/h1-44,72-73H,(H,77,78)(H,79,80). The van der Waals surface area contributed by atoms with Gasteiger partial charge in [-0.15, -0.1) is 0 Å². The first-order chi connectivity index (χ1) is 39.3. The second-order valence-electron chi connectivity index (χ2n) is 19.4. The van der Waals surface area contributed by atoms with Crippen LogP contribution in [0, 0.1) is 0 Å². The van der Waals surface area contributed by atoms with Crippen molar-refractivity contribution in [3.8, 4) is 44.5 Å². The second-order valence-corrected chi connectivity index (χ2v) is 19.4. The second kappa shape index (κ2) is 20.8. The number of fused-ring (bicyclic) bond motifs is 8. The van der Waals surface area contributed by atoms with Crippen molar-refractivity contribution in [2.75, 3.05) is 9.80 Å². The molecule has 10 heteroatoms. The number of carboxylic acid groups (broad SMARTS) is 2. The average molecular weight is 1040 g/mol. The van der Waals surface area contributed by atoms with Gasteiger partial charge in [-0.25, -0.2) is 19.6 Å². The highest BCUT2D eigenvalue weighted by atomic mass is 16.4. The van der Waals surface area contributed by atoms with Gasteiger partial charge in [0, 0.05) is 78.4 Å². The molecule has 2 aliphatic rings. The molecule has 2 aliphatic heterocycles. The minimum atomic E-state index is -1.02. The lowest BCUT2D eigenvalue weighted by Gasteiger charge is -2.25. The number of carboxylic acids is 2. The maximum atomic E-state index is 12.1. The average Bonchev–Trinajstić information content (AvgIpc) is 4.40. The summed E-state index contributed by atoms with van der Waals surface area (Å²) in [5, 5.41) is 19.8. The fraction of sp³-hybridized carbons (Fsp3) is 0. The zero-order chi connectivity index (χ0) is 54.1. The highest BCUT2D eigenvalue weighted by Crippen LogP contribution is 2.42. The Bertz CT molecular complexity index is 4010. The number of nitrogens with zero attached hydrogens (tertiary/aromatic N) is 4. The van der Waals surface area contributed by atoms with Crippen LogP contribution in [0.1, 0.15) is 43.5 Å². The summed E-state index contributed by atoms with van der Waals surface area (Å²) < 4.78 is 0. The van der Waals surface area contributed by atoms with Gasteiger partial charge in [-0.1, -0.05) is 121 Å². The number of benzene rings is 8. The minimum Gasteiger partial charge on any atom is -0.478 e. The van der Waals surface area contributed by atoms with Crippen LogP contribution in [-0.4, -0.2) is 42.1 Å². The van der Waals surface area contributed by atoms with Crippen LogP contribution in [0.4, 0.5) is 34.1 Å². The van der Waals surface area contributed by atoms with Crippen molar-refractivity contribution in [1.82, 2.24) is 19.9 Å². The lowest BCUT2D eigenvalue weighted by atomic mass is 10.0. The first kappa shape index (κ1) is 48.5. The number of hydrogen-bond acceptors (Lipinski definition) is 6. The smallest absolute Gasteiger partial charge is 0.335 e. The van der Waals surface area contributed by atoms with Crippen LogP contribution < -0.4 is 9.80 Å². The van der Waals surface area contributed by atoms with E-state index in [1.54, 1.807) is 24.3 Å². The summed E-state index contributed by atoms with van der Waals surface area (Å²) in [7, 11) is 0. The molecule has 3 aromatic heterocycles. The zero-order valence-corrected chi connectivity index (χ0v) is 42.9. The Labute approximate surface area is 460 Å². The SMILES string of the molecule is O=C(O)c1ccc(-c2c3nc(c(-c4ccc(C(=O)O)cc4)c4ccc([nH]4)c(-c4ccc(N(c5ccccc5)c5ccccc5)cc4)c4nc(c(-c5ccc(N(c6ccccc6)c6ccccc6)cc5)c5ccc2[nH]5)C=C4)C=C3)cc1. The van der Waals surface area contributed by atoms with Crippen molar-refractivity contribution in [2.24, 2.45) is 0 Å². The number of aromatic amines is 2. The number of hydrogen-bond donors (Lipinski definition) is 4. The molecule has 8 aromatic carbocycles. The van der Waals surface area contributed by atoms with Crippen molar-refractivity contribution in [3.63, 3.8) is 0 Å². The van der Waals surface area contributed by atoms with Gasteiger partial charge in [0.05, 0.1) is 33.9 Å². The number of anilines is 6. The quantitative estimate of drug-likeness (QED) is 0.0949. The Balaban J connectivity index is 1.08. The highest BCUT2D eigenvalue weighted by molar-refractivity contribution is 6.01. The van der Waals surface area contributed by atoms with E-state index in [0.29, 0.717) is 11.4 Å². The fourth-order valence-corrected chi connectivity index (χ4v) is 10.7. The van der Waals surface area contributed by atoms with Crippen LogP contribution in [0.5, 0.6) is 0 Å². The van der Waals surface area contributed by atoms with Crippen LogP contribution >= 0.6 is 0 Å². The lowest BCUT2D eigenvalue weighted by molar-refractivity contribution is 0.0686. The summed E-state index contributed by atoms with van der Waals surface area (Å²) in [6.07, 6.45) is 8.08. The van der Waals surface area contributed by atoms with Crippen LogP contribution in [0.3, 0.4) is 0 Å². The Morgan fingerprint density at radius 2 is 0.512 bits per heavy atom. The number of nitrogens with one attached hydrogen (secondary N) is 2. The van der Waals surface area contributed by atoms with E-state index in [9.17, 15) is 19.8 Å². The van der Waals surface area contributed by atoms with Gasteiger partial charge >= 0.3 is 11.9 Å². The molecule has 13 rings (SSSR count). The van der Waals surface area contributed by atoms with E-state index in [4.69, 9.17) is 9.97 Å². The number of aromatic carboxylic acids is 2. The minimum absolute atomic E-state index is 0.164. The van der Waals surface area contributed by atoms with Crippen molar-refractivity contribution >= 4 is 92.4 Å². The molecule has 382 valence electrons. The Hall–Kier alpha value is -11.1. The molecule has 8 bridgehead atoms. The molecule has 0 atom stereocenters. The number of H-pyrrole nitrogens is 2. The van der Waals surface area contributed by atoms with Gasteiger partial charge < -0.3 is 30.0 Å². The van der Waals surface area contributed by atoms with Crippen molar-refractivity contribution in [3.05, 3.63) is 277 Å². The van der Waals surface area contributed by atoms with E-state index in [-0.39, 0.29) is 11.1 Å². The summed E-state index contributed by atoms with van der Waals surface area (Å²) in [6.45, 7) is 0. The number of carbonyl (C=O) groups is 2. The molecule has 0 saturated carbocycles. The van der Waals surface area contributed by atoms with Crippen molar-refractivity contribution in [2.45, 2.75) is 0 Å². The predicted octanol–water partition coefficient (Wildman–Crippen LogP) is 17.7. The number of rotatable bonds is 12. The maximum absolute atomic E-state index is 12.1. The number of para-hydroxylation sites is 4. The lowest BCUT2D eigenvalue weighted by Crippen LogP contribution is -2.09. The molecule has 4 N–H and O–H groups in total. The van der Waals surface area contributed by atoms with Gasteiger partial charge in [0.15, 0.2) is 0 Å². The molecule has 0 saturated heterocycles. The third kappa shape index (κ3) is 9.28. The first-order valence-corrected chi connectivity index (χ1v) is 26.2. The topological polar surface area (TPSA) is 138 Å². The Kier molecular flexibility index (Phi) is 12.6. The molecule has 10 nitrogen and oxygen atoms in total. The summed E-state index contributed by atoms with van der Waals surface area (Å²) >= 11 is 0. The van der Waals surface area contributed by atoms with Crippen LogP contribution in [0.15, 0.2) is 243 Å².